The summed E-state index contributed by atoms with van der Waals surface area (Å²) in [5.41, 5.74) is 0.182. The fourth-order valence-corrected chi connectivity index (χ4v) is 1.70. The molecule has 0 saturated carbocycles. The van der Waals surface area contributed by atoms with Crippen LogP contribution in [0, 0.1) is 11.6 Å². The van der Waals surface area contributed by atoms with Gasteiger partial charge in [0, 0.05) is 5.56 Å². The van der Waals surface area contributed by atoms with Crippen molar-refractivity contribution >= 4 is 17.6 Å². The first-order valence-electron chi connectivity index (χ1n) is 5.96. The van der Waals surface area contributed by atoms with Crippen LogP contribution in [-0.2, 0) is 4.74 Å². The van der Waals surface area contributed by atoms with Gasteiger partial charge in [0.2, 0.25) is 0 Å². The predicted molar refractivity (Wildman–Crippen MR) is 72.1 cm³/mol. The molecule has 2 rings (SSSR count). The Kier molecular flexibility index (Phi) is 4.27. The molecule has 0 aromatic heterocycles. The molecule has 4 nitrogen and oxygen atoms in total. The number of nitrogens with one attached hydrogen (secondary N) is 1. The molecule has 2 aromatic rings. The Morgan fingerprint density at radius 2 is 1.62 bits per heavy atom. The van der Waals surface area contributed by atoms with E-state index in [1.165, 1.54) is 25.3 Å². The summed E-state index contributed by atoms with van der Waals surface area (Å²) in [7, 11) is 1.18. The van der Waals surface area contributed by atoms with E-state index in [0.29, 0.717) is 0 Å². The summed E-state index contributed by atoms with van der Waals surface area (Å²) >= 11 is 0. The van der Waals surface area contributed by atoms with Crippen LogP contribution in [0.1, 0.15) is 20.7 Å². The molecule has 1 N–H and O–H groups in total. The molecule has 108 valence electrons. The van der Waals surface area contributed by atoms with Crippen molar-refractivity contribution in [2.45, 2.75) is 0 Å². The van der Waals surface area contributed by atoms with Gasteiger partial charge in [-0.1, -0.05) is 0 Å². The van der Waals surface area contributed by atoms with Crippen LogP contribution in [0.3, 0.4) is 0 Å². The number of anilines is 1. The zero-order valence-corrected chi connectivity index (χ0v) is 11.0. The highest BCUT2D eigenvalue weighted by atomic mass is 19.1. The van der Waals surface area contributed by atoms with Crippen molar-refractivity contribution in [3.63, 3.8) is 0 Å². The lowest BCUT2D eigenvalue weighted by Gasteiger charge is -2.10. The van der Waals surface area contributed by atoms with Crippen molar-refractivity contribution in [3.05, 3.63) is 65.2 Å². The number of rotatable bonds is 3. The highest BCUT2D eigenvalue weighted by molar-refractivity contribution is 6.07. The number of hydrogen-bond donors (Lipinski definition) is 1. The number of esters is 1. The lowest BCUT2D eigenvalue weighted by atomic mass is 10.1. The van der Waals surface area contributed by atoms with Crippen molar-refractivity contribution in [2.24, 2.45) is 0 Å². The summed E-state index contributed by atoms with van der Waals surface area (Å²) in [5, 5.41) is 2.40. The summed E-state index contributed by atoms with van der Waals surface area (Å²) in [6, 6.07) is 8.11. The van der Waals surface area contributed by atoms with E-state index in [1.807, 2.05) is 0 Å². The van der Waals surface area contributed by atoms with Crippen molar-refractivity contribution < 1.29 is 23.1 Å². The fourth-order valence-electron chi connectivity index (χ4n) is 1.70. The standard InChI is InChI=1S/C15H11F2NO3/c1-21-15(20)12-7-6-11(17)8-13(12)18-14(19)9-2-4-10(16)5-3-9/h2-8H,1H3,(H,18,19). The van der Waals surface area contributed by atoms with E-state index in [9.17, 15) is 18.4 Å². The second kappa shape index (κ2) is 6.13. The molecule has 2 aromatic carbocycles. The zero-order valence-electron chi connectivity index (χ0n) is 11.0. The van der Waals surface area contributed by atoms with Crippen LogP contribution < -0.4 is 5.32 Å². The highest BCUT2D eigenvalue weighted by Crippen LogP contribution is 2.19. The van der Waals surface area contributed by atoms with E-state index in [0.717, 1.165) is 24.3 Å². The van der Waals surface area contributed by atoms with E-state index in [4.69, 9.17) is 0 Å². The van der Waals surface area contributed by atoms with Crippen molar-refractivity contribution in [1.29, 1.82) is 0 Å². The minimum absolute atomic E-state index is 0.0174. The van der Waals surface area contributed by atoms with Crippen LogP contribution in [0.2, 0.25) is 0 Å². The minimum atomic E-state index is -0.704. The average Bonchev–Trinajstić information content (AvgIpc) is 2.47. The number of ether oxygens (including phenoxy) is 1. The molecule has 0 spiro atoms. The van der Waals surface area contributed by atoms with Gasteiger partial charge in [0.05, 0.1) is 18.4 Å². The molecule has 0 bridgehead atoms. The highest BCUT2D eigenvalue weighted by Gasteiger charge is 2.15. The largest absolute Gasteiger partial charge is 0.465 e. The van der Waals surface area contributed by atoms with Crippen LogP contribution in [0.15, 0.2) is 42.5 Å². The summed E-state index contributed by atoms with van der Waals surface area (Å²) in [4.78, 5) is 23.6. The topological polar surface area (TPSA) is 55.4 Å². The van der Waals surface area contributed by atoms with Gasteiger partial charge in [-0.05, 0) is 42.5 Å². The van der Waals surface area contributed by atoms with Crippen molar-refractivity contribution in [3.8, 4) is 0 Å². The molecule has 0 aliphatic rings. The molecule has 0 heterocycles. The second-order valence-electron chi connectivity index (χ2n) is 4.14. The zero-order chi connectivity index (χ0) is 15.4. The predicted octanol–water partition coefficient (Wildman–Crippen LogP) is 3.00. The third-order valence-electron chi connectivity index (χ3n) is 2.74. The molecule has 0 aliphatic heterocycles. The SMILES string of the molecule is COC(=O)c1ccc(F)cc1NC(=O)c1ccc(F)cc1. The lowest BCUT2D eigenvalue weighted by Crippen LogP contribution is -2.15. The molecular formula is C15H11F2NO3. The van der Waals surface area contributed by atoms with Gasteiger partial charge in [0.25, 0.3) is 5.91 Å². The van der Waals surface area contributed by atoms with Gasteiger partial charge in [-0.3, -0.25) is 4.79 Å². The van der Waals surface area contributed by atoms with Gasteiger partial charge in [-0.25, -0.2) is 13.6 Å². The van der Waals surface area contributed by atoms with Crippen molar-refractivity contribution in [1.82, 2.24) is 0 Å². The van der Waals surface area contributed by atoms with E-state index < -0.39 is 23.5 Å². The fraction of sp³-hybridized carbons (Fsp3) is 0.0667. The Hall–Kier alpha value is -2.76. The lowest BCUT2D eigenvalue weighted by molar-refractivity contribution is 0.0602. The monoisotopic (exact) mass is 291 g/mol. The molecular weight excluding hydrogens is 280 g/mol. The molecule has 0 saturated heterocycles. The number of halogens is 2. The summed E-state index contributed by atoms with van der Waals surface area (Å²) in [6.07, 6.45) is 0. The van der Waals surface area contributed by atoms with Gasteiger partial charge in [0.1, 0.15) is 11.6 Å². The van der Waals surface area contributed by atoms with Crippen LogP contribution in [0.5, 0.6) is 0 Å². The summed E-state index contributed by atoms with van der Waals surface area (Å²) in [6.45, 7) is 0. The molecule has 0 atom stereocenters. The first kappa shape index (κ1) is 14.6. The Morgan fingerprint density at radius 3 is 2.24 bits per heavy atom. The quantitative estimate of drug-likeness (QED) is 0.884. The molecule has 0 aliphatic carbocycles. The molecule has 6 heteroatoms. The third kappa shape index (κ3) is 3.42. The maximum atomic E-state index is 13.3. The van der Waals surface area contributed by atoms with Gasteiger partial charge in [0.15, 0.2) is 0 Å². The first-order valence-corrected chi connectivity index (χ1v) is 5.96. The molecule has 21 heavy (non-hydrogen) atoms. The number of benzene rings is 2. The maximum Gasteiger partial charge on any atom is 0.339 e. The van der Waals surface area contributed by atoms with Crippen LogP contribution in [0.4, 0.5) is 14.5 Å². The number of amides is 1. The van der Waals surface area contributed by atoms with Gasteiger partial charge in [-0.15, -0.1) is 0 Å². The minimum Gasteiger partial charge on any atom is -0.465 e. The Bertz CT molecular complexity index is 684. The Morgan fingerprint density at radius 1 is 1.00 bits per heavy atom. The van der Waals surface area contributed by atoms with Crippen molar-refractivity contribution in [2.75, 3.05) is 12.4 Å². The number of carbonyl (C=O) groups is 2. The number of methoxy groups -OCH3 is 1. The van der Waals surface area contributed by atoms with E-state index >= 15 is 0 Å². The summed E-state index contributed by atoms with van der Waals surface area (Å²) in [5.74, 6) is -2.39. The van der Waals surface area contributed by atoms with E-state index in [1.54, 1.807) is 0 Å². The second-order valence-corrected chi connectivity index (χ2v) is 4.14. The van der Waals surface area contributed by atoms with Gasteiger partial charge >= 0.3 is 5.97 Å². The number of carbonyl (C=O) groups excluding carboxylic acids is 2. The van der Waals surface area contributed by atoms with Crippen LogP contribution in [-0.4, -0.2) is 19.0 Å². The number of hydrogen-bond acceptors (Lipinski definition) is 3. The third-order valence-corrected chi connectivity index (χ3v) is 2.74. The Labute approximate surface area is 119 Å². The molecule has 0 fully saturated rings. The normalized spacial score (nSPS) is 10.0. The van der Waals surface area contributed by atoms with Gasteiger partial charge in [-0.2, -0.15) is 0 Å². The van der Waals surface area contributed by atoms with Crippen LogP contribution >= 0.6 is 0 Å². The smallest absolute Gasteiger partial charge is 0.339 e. The molecule has 1 amide bonds. The van der Waals surface area contributed by atoms with Gasteiger partial charge < -0.3 is 10.1 Å². The Balaban J connectivity index is 2.30. The molecule has 0 radical (unpaired) electrons. The average molecular weight is 291 g/mol. The summed E-state index contributed by atoms with van der Waals surface area (Å²) < 4.78 is 30.6. The maximum absolute atomic E-state index is 13.3. The van der Waals surface area contributed by atoms with E-state index in [-0.39, 0.29) is 16.8 Å². The van der Waals surface area contributed by atoms with Crippen LogP contribution in [0.25, 0.3) is 0 Å². The van der Waals surface area contributed by atoms with E-state index in [2.05, 4.69) is 10.1 Å². The first-order chi connectivity index (χ1) is 10.0. The molecule has 0 unspecified atom stereocenters.